The Balaban J connectivity index is 4.23. The third-order valence-corrected chi connectivity index (χ3v) is 13.3. The molecule has 0 saturated carbocycles. The molecule has 468 valence electrons. The molecule has 0 heterocycles. The quantitative estimate of drug-likeness (QED) is 0.0211. The van der Waals surface area contributed by atoms with Gasteiger partial charge in [0.1, 0.15) is 13.2 Å². The van der Waals surface area contributed by atoms with E-state index in [0.717, 1.165) is 135 Å². The lowest BCUT2D eigenvalue weighted by Gasteiger charge is -2.25. The molecule has 83 heavy (non-hydrogen) atoms. The van der Waals surface area contributed by atoms with Crippen LogP contribution in [0.5, 0.6) is 0 Å². The fraction of sp³-hybridized carbons (Fsp3) is 0.608. The van der Waals surface area contributed by atoms with Gasteiger partial charge in [0.2, 0.25) is 0 Å². The van der Waals surface area contributed by atoms with E-state index in [0.29, 0.717) is 17.4 Å². The summed E-state index contributed by atoms with van der Waals surface area (Å²) in [5, 5.41) is 9.72. The SMILES string of the molecule is CC/C=C\C/C=C\C/C=C\C/C=C\C/C=C\C/C=C\C/C=C\C/C=C\C/C=C\C/C=C\CCCCCCCCCCC(=O)OC(COC(=O)CCCCCCCC/C=C\C/C=C\C/C=C\CCCCC)COC(OCC[N+](C)(C)C)C(=O)O. The number of likely N-dealkylation sites (N-methyl/N-ethyl adjacent to an activating group) is 1. The maximum absolute atomic E-state index is 12.9. The van der Waals surface area contributed by atoms with Crippen LogP contribution in [-0.4, -0.2) is 87.4 Å². The topological polar surface area (TPSA) is 108 Å². The van der Waals surface area contributed by atoms with Crippen LogP contribution in [0.25, 0.3) is 0 Å². The molecule has 0 radical (unpaired) electrons. The summed E-state index contributed by atoms with van der Waals surface area (Å²) in [6, 6.07) is 0. The predicted octanol–water partition coefficient (Wildman–Crippen LogP) is 20.1. The zero-order valence-corrected chi connectivity index (χ0v) is 53.3. The number of nitrogens with zero attached hydrogens (tertiary/aromatic N) is 1. The van der Waals surface area contributed by atoms with Gasteiger partial charge in [-0.25, -0.2) is 4.79 Å². The average molecular weight is 1150 g/mol. The summed E-state index contributed by atoms with van der Waals surface area (Å²) in [4.78, 5) is 37.5. The van der Waals surface area contributed by atoms with Crippen molar-refractivity contribution in [2.75, 3.05) is 47.5 Å². The highest BCUT2D eigenvalue weighted by molar-refractivity contribution is 5.71. The van der Waals surface area contributed by atoms with Crippen LogP contribution in [-0.2, 0) is 33.3 Å². The van der Waals surface area contributed by atoms with Gasteiger partial charge in [0.25, 0.3) is 6.29 Å². The predicted molar refractivity (Wildman–Crippen MR) is 354 cm³/mol. The van der Waals surface area contributed by atoms with E-state index in [-0.39, 0.29) is 38.6 Å². The standard InChI is InChI=1S/C74H119NO8/c1-6-8-10-12-14-16-18-20-22-24-26-27-28-29-30-31-32-33-34-35-36-37-38-39-40-41-42-43-44-45-47-49-51-53-55-57-59-61-63-65-72(77)83-70(69-82-74(73(78)79)80-67-66-75(3,4)5)68-81-71(76)64-62-60-58-56-54-52-50-48-46-25-23-21-19-17-15-13-11-9-7-2/h8,10,14-17,20-23,26-27,29-30,32-33,35-36,38-39,41-42,44-46,48,70,74H,6-7,9,11-13,18-19,24-25,28,31,34,37,40,43,47,49-69H2,1-5H3/p+1/b10-8-,16-14-,17-15-,22-20-,23-21-,27-26-,30-29-,33-32-,36-35-,39-38-,42-41-,45-44-,48-46-. The van der Waals surface area contributed by atoms with Crippen molar-refractivity contribution in [3.05, 3.63) is 158 Å². The average Bonchev–Trinajstić information content (AvgIpc) is 3.46. The number of ether oxygens (including phenoxy) is 4. The van der Waals surface area contributed by atoms with Crippen LogP contribution in [0.3, 0.4) is 0 Å². The highest BCUT2D eigenvalue weighted by atomic mass is 16.7. The van der Waals surface area contributed by atoms with E-state index in [1.54, 1.807) is 0 Å². The molecule has 9 heteroatoms. The van der Waals surface area contributed by atoms with Gasteiger partial charge in [0.15, 0.2) is 6.10 Å². The molecule has 9 nitrogen and oxygen atoms in total. The van der Waals surface area contributed by atoms with Crippen LogP contribution in [0.15, 0.2) is 158 Å². The number of allylic oxidation sites excluding steroid dienone is 26. The summed E-state index contributed by atoms with van der Waals surface area (Å²) in [5.41, 5.74) is 0. The minimum Gasteiger partial charge on any atom is -0.477 e. The van der Waals surface area contributed by atoms with Gasteiger partial charge in [0, 0.05) is 12.8 Å². The van der Waals surface area contributed by atoms with E-state index >= 15 is 0 Å². The number of carbonyl (C=O) groups is 3. The minimum atomic E-state index is -1.53. The first-order chi connectivity index (χ1) is 40.6. The van der Waals surface area contributed by atoms with Gasteiger partial charge in [-0.3, -0.25) is 9.59 Å². The second-order valence-corrected chi connectivity index (χ2v) is 22.3. The smallest absolute Gasteiger partial charge is 0.361 e. The Labute approximate surface area is 508 Å². The van der Waals surface area contributed by atoms with Crippen LogP contribution in [0.4, 0.5) is 0 Å². The molecular weight excluding hydrogens is 1030 g/mol. The molecule has 0 saturated heterocycles. The molecule has 0 aliphatic carbocycles. The number of carboxylic acids is 1. The van der Waals surface area contributed by atoms with Crippen molar-refractivity contribution >= 4 is 17.9 Å². The second kappa shape index (κ2) is 62.9. The summed E-state index contributed by atoms with van der Waals surface area (Å²) >= 11 is 0. The van der Waals surface area contributed by atoms with Gasteiger partial charge < -0.3 is 28.5 Å². The molecule has 0 fully saturated rings. The number of hydrogen-bond acceptors (Lipinski definition) is 7. The second-order valence-electron chi connectivity index (χ2n) is 22.3. The van der Waals surface area contributed by atoms with Crippen molar-refractivity contribution in [3.8, 4) is 0 Å². The maximum atomic E-state index is 12.9. The fourth-order valence-electron chi connectivity index (χ4n) is 8.28. The summed E-state index contributed by atoms with van der Waals surface area (Å²) in [6.07, 6.45) is 90.5. The Morgan fingerprint density at radius 2 is 0.687 bits per heavy atom. The van der Waals surface area contributed by atoms with Crippen molar-refractivity contribution in [1.82, 2.24) is 0 Å². The van der Waals surface area contributed by atoms with Crippen LogP contribution in [0.2, 0.25) is 0 Å². The largest absolute Gasteiger partial charge is 0.477 e. The molecule has 0 spiro atoms. The molecule has 0 rings (SSSR count). The Morgan fingerprint density at radius 1 is 0.373 bits per heavy atom. The van der Waals surface area contributed by atoms with Crippen molar-refractivity contribution in [2.24, 2.45) is 0 Å². The van der Waals surface area contributed by atoms with Crippen LogP contribution >= 0.6 is 0 Å². The number of esters is 2. The summed E-state index contributed by atoms with van der Waals surface area (Å²) < 4.78 is 22.9. The van der Waals surface area contributed by atoms with Gasteiger partial charge >= 0.3 is 17.9 Å². The number of unbranched alkanes of at least 4 members (excludes halogenated alkanes) is 17. The van der Waals surface area contributed by atoms with E-state index in [9.17, 15) is 19.5 Å². The molecule has 2 unspecified atom stereocenters. The number of carbonyl (C=O) groups excluding carboxylic acids is 2. The van der Waals surface area contributed by atoms with Gasteiger partial charge in [0.05, 0.1) is 34.4 Å². The van der Waals surface area contributed by atoms with Crippen molar-refractivity contribution in [3.63, 3.8) is 0 Å². The summed E-state index contributed by atoms with van der Waals surface area (Å²) in [6.45, 7) is 4.69. The number of quaternary nitrogens is 1. The summed E-state index contributed by atoms with van der Waals surface area (Å²) in [7, 11) is 5.95. The van der Waals surface area contributed by atoms with Crippen LogP contribution in [0.1, 0.15) is 232 Å². The minimum absolute atomic E-state index is 0.175. The number of rotatable bonds is 58. The van der Waals surface area contributed by atoms with E-state index in [2.05, 4.69) is 172 Å². The molecule has 0 aromatic heterocycles. The van der Waals surface area contributed by atoms with Crippen molar-refractivity contribution < 1.29 is 42.9 Å². The van der Waals surface area contributed by atoms with Gasteiger partial charge in [-0.15, -0.1) is 0 Å². The highest BCUT2D eigenvalue weighted by Crippen LogP contribution is 2.14. The molecule has 0 bridgehead atoms. The van der Waals surface area contributed by atoms with Crippen LogP contribution < -0.4 is 0 Å². The first-order valence-electron chi connectivity index (χ1n) is 32.6. The van der Waals surface area contributed by atoms with E-state index < -0.39 is 24.3 Å². The molecule has 0 aromatic carbocycles. The van der Waals surface area contributed by atoms with Crippen molar-refractivity contribution in [2.45, 2.75) is 245 Å². The number of carboxylic acid groups (broad SMARTS) is 1. The Bertz CT molecular complexity index is 1920. The molecule has 0 amide bonds. The molecule has 2 atom stereocenters. The molecular formula is C74H120NO8+. The van der Waals surface area contributed by atoms with E-state index in [4.69, 9.17) is 18.9 Å². The third kappa shape index (κ3) is 64.3. The first-order valence-corrected chi connectivity index (χ1v) is 32.6. The molecule has 1 N–H and O–H groups in total. The zero-order valence-electron chi connectivity index (χ0n) is 53.3. The molecule has 0 aliphatic heterocycles. The summed E-state index contributed by atoms with van der Waals surface area (Å²) in [5.74, 6) is -2.05. The third-order valence-electron chi connectivity index (χ3n) is 13.3. The molecule has 0 aliphatic rings. The van der Waals surface area contributed by atoms with E-state index in [1.165, 1.54) is 64.2 Å². The fourth-order valence-corrected chi connectivity index (χ4v) is 8.28. The van der Waals surface area contributed by atoms with Gasteiger partial charge in [-0.2, -0.15) is 0 Å². The van der Waals surface area contributed by atoms with E-state index in [1.807, 2.05) is 21.1 Å². The number of aliphatic carboxylic acids is 1. The lowest BCUT2D eigenvalue weighted by atomic mass is 10.1. The zero-order chi connectivity index (χ0) is 60.5. The first kappa shape index (κ1) is 77.9. The maximum Gasteiger partial charge on any atom is 0.361 e. The lowest BCUT2D eigenvalue weighted by molar-refractivity contribution is -0.870. The highest BCUT2D eigenvalue weighted by Gasteiger charge is 2.25. The number of hydrogen-bond donors (Lipinski definition) is 1. The van der Waals surface area contributed by atoms with Gasteiger partial charge in [-0.05, 0) is 128 Å². The van der Waals surface area contributed by atoms with Gasteiger partial charge in [-0.1, -0.05) is 249 Å². The normalized spacial score (nSPS) is 13.8. The monoisotopic (exact) mass is 1150 g/mol. The lowest BCUT2D eigenvalue weighted by Crippen LogP contribution is -2.40. The Hall–Kier alpha value is -5.09. The molecule has 0 aromatic rings. The van der Waals surface area contributed by atoms with Crippen LogP contribution in [0, 0.1) is 0 Å². The van der Waals surface area contributed by atoms with Crippen molar-refractivity contribution in [1.29, 1.82) is 0 Å². The Morgan fingerprint density at radius 3 is 1.02 bits per heavy atom. The Kier molecular flexibility index (Phi) is 59.1.